The lowest BCUT2D eigenvalue weighted by Crippen LogP contribution is -2.37. The van der Waals surface area contributed by atoms with Crippen molar-refractivity contribution in [3.05, 3.63) is 0 Å². The number of phosphoric acid groups is 1. The molecule has 0 N–H and O–H groups in total. The van der Waals surface area contributed by atoms with Crippen LogP contribution in [0.3, 0.4) is 0 Å². The molecule has 10 heteroatoms. The maximum Gasteiger partial charge on any atom is 0.306 e. The van der Waals surface area contributed by atoms with Gasteiger partial charge in [0.1, 0.15) is 19.8 Å². The van der Waals surface area contributed by atoms with Crippen molar-refractivity contribution in [3.8, 4) is 0 Å². The average Bonchev–Trinajstić information content (AvgIpc) is 3.31. The van der Waals surface area contributed by atoms with E-state index in [1.165, 1.54) is 250 Å². The minimum Gasteiger partial charge on any atom is -0.756 e. The van der Waals surface area contributed by atoms with Crippen LogP contribution in [0.1, 0.15) is 316 Å². The molecule has 412 valence electrons. The SMILES string of the molecule is CCCCCCCCCCCCCCCCCCCCCCCCCCCCCCCCCCCCCCCC(=O)OC(COC(=O)CCCCCCCCCC)COP(=O)([O-])OCC[N+](C)(C)C. The molecule has 0 spiro atoms. The number of esters is 2. The monoisotopic (exact) mass is 1000 g/mol. The van der Waals surface area contributed by atoms with E-state index in [0.717, 1.165) is 32.1 Å². The molecule has 0 fully saturated rings. The summed E-state index contributed by atoms with van der Waals surface area (Å²) in [5.41, 5.74) is 0. The van der Waals surface area contributed by atoms with E-state index in [4.69, 9.17) is 18.5 Å². The van der Waals surface area contributed by atoms with Crippen molar-refractivity contribution in [2.45, 2.75) is 322 Å². The number of likely N-dealkylation sites (N-methyl/N-ethyl adjacent to an activating group) is 1. The van der Waals surface area contributed by atoms with E-state index in [-0.39, 0.29) is 32.0 Å². The number of hydrogen-bond donors (Lipinski definition) is 0. The predicted molar refractivity (Wildman–Crippen MR) is 292 cm³/mol. The molecule has 2 unspecified atom stereocenters. The smallest absolute Gasteiger partial charge is 0.306 e. The lowest BCUT2D eigenvalue weighted by molar-refractivity contribution is -0.870. The molecule has 0 aliphatic heterocycles. The summed E-state index contributed by atoms with van der Waals surface area (Å²) in [4.78, 5) is 37.6. The molecule has 0 aromatic rings. The second kappa shape index (κ2) is 51.9. The third-order valence-electron chi connectivity index (χ3n) is 13.9. The van der Waals surface area contributed by atoms with Gasteiger partial charge in [0.15, 0.2) is 6.10 Å². The van der Waals surface area contributed by atoms with E-state index in [1.807, 2.05) is 21.1 Å². The first-order valence-corrected chi connectivity index (χ1v) is 31.7. The second-order valence-electron chi connectivity index (χ2n) is 22.1. The molecule has 0 heterocycles. The Morgan fingerprint density at radius 1 is 0.391 bits per heavy atom. The molecule has 0 bridgehead atoms. The van der Waals surface area contributed by atoms with Gasteiger partial charge in [-0.1, -0.05) is 290 Å². The molecule has 0 aliphatic carbocycles. The van der Waals surface area contributed by atoms with Crippen LogP contribution in [-0.2, 0) is 32.7 Å². The van der Waals surface area contributed by atoms with Gasteiger partial charge in [-0.3, -0.25) is 14.2 Å². The highest BCUT2D eigenvalue weighted by molar-refractivity contribution is 7.45. The van der Waals surface area contributed by atoms with Crippen LogP contribution in [0.15, 0.2) is 0 Å². The Hall–Kier alpha value is -0.990. The van der Waals surface area contributed by atoms with Crippen molar-refractivity contribution in [1.29, 1.82) is 0 Å². The minimum absolute atomic E-state index is 0.0257. The van der Waals surface area contributed by atoms with Crippen molar-refractivity contribution < 1.29 is 42.1 Å². The van der Waals surface area contributed by atoms with Crippen molar-refractivity contribution in [2.24, 2.45) is 0 Å². The molecule has 0 amide bonds. The Morgan fingerprint density at radius 3 is 0.928 bits per heavy atom. The number of quaternary nitrogens is 1. The largest absolute Gasteiger partial charge is 0.756 e. The summed E-state index contributed by atoms with van der Waals surface area (Å²) in [5.74, 6) is -0.820. The van der Waals surface area contributed by atoms with Gasteiger partial charge >= 0.3 is 11.9 Å². The molecular weight excluding hydrogens is 882 g/mol. The highest BCUT2D eigenvalue weighted by Crippen LogP contribution is 2.38. The van der Waals surface area contributed by atoms with Crippen LogP contribution in [0.2, 0.25) is 0 Å². The Balaban J connectivity index is 3.76. The minimum atomic E-state index is -4.62. The van der Waals surface area contributed by atoms with Gasteiger partial charge in [0.2, 0.25) is 0 Å². The topological polar surface area (TPSA) is 111 Å². The molecule has 0 aromatic heterocycles. The molecule has 0 aliphatic rings. The molecule has 0 aromatic carbocycles. The molecule has 0 saturated carbocycles. The maximum atomic E-state index is 12.7. The summed E-state index contributed by atoms with van der Waals surface area (Å²) < 4.78 is 34.0. The van der Waals surface area contributed by atoms with Gasteiger partial charge in [-0.15, -0.1) is 0 Å². The number of carbonyl (C=O) groups is 2. The lowest BCUT2D eigenvalue weighted by Gasteiger charge is -2.28. The van der Waals surface area contributed by atoms with Crippen molar-refractivity contribution in [1.82, 2.24) is 0 Å². The van der Waals surface area contributed by atoms with E-state index in [0.29, 0.717) is 17.4 Å². The van der Waals surface area contributed by atoms with Gasteiger partial charge in [0.05, 0.1) is 27.7 Å². The number of nitrogens with zero attached hydrogens (tertiary/aromatic N) is 1. The van der Waals surface area contributed by atoms with Crippen molar-refractivity contribution in [3.63, 3.8) is 0 Å². The normalized spacial score (nSPS) is 13.2. The summed E-state index contributed by atoms with van der Waals surface area (Å²) in [7, 11) is 1.19. The third-order valence-corrected chi connectivity index (χ3v) is 14.8. The van der Waals surface area contributed by atoms with Crippen LogP contribution in [0.25, 0.3) is 0 Å². The number of ether oxygens (including phenoxy) is 2. The second-order valence-corrected chi connectivity index (χ2v) is 23.5. The number of carbonyl (C=O) groups excluding carboxylic acids is 2. The predicted octanol–water partition coefficient (Wildman–Crippen LogP) is 18.0. The zero-order chi connectivity index (χ0) is 50.6. The van der Waals surface area contributed by atoms with E-state index in [9.17, 15) is 19.0 Å². The van der Waals surface area contributed by atoms with Crippen molar-refractivity contribution in [2.75, 3.05) is 47.5 Å². The fraction of sp³-hybridized carbons (Fsp3) is 0.966. The Kier molecular flexibility index (Phi) is 51.1. The van der Waals surface area contributed by atoms with Gasteiger partial charge in [0.25, 0.3) is 7.82 Å². The van der Waals surface area contributed by atoms with Crippen LogP contribution in [-0.4, -0.2) is 70.0 Å². The molecule has 0 rings (SSSR count). The first-order chi connectivity index (χ1) is 33.5. The van der Waals surface area contributed by atoms with Crippen LogP contribution in [0.4, 0.5) is 0 Å². The standard InChI is InChI=1S/C59H118NO8P/c1-6-8-10-12-14-16-17-18-19-20-21-22-23-24-25-26-27-28-29-30-31-32-33-34-35-36-37-38-39-40-41-42-43-44-46-48-50-52-59(62)68-57(56-67-69(63,64)66-54-53-60(3,4)5)55-65-58(61)51-49-47-45-15-13-11-9-7-2/h57H,6-56H2,1-5H3. The third kappa shape index (κ3) is 56.2. The van der Waals surface area contributed by atoms with Crippen LogP contribution >= 0.6 is 7.82 Å². The summed E-state index contributed by atoms with van der Waals surface area (Å²) in [6.45, 7) is 4.25. The van der Waals surface area contributed by atoms with Crippen LogP contribution < -0.4 is 4.89 Å². The molecule has 0 saturated heterocycles. The first kappa shape index (κ1) is 68.0. The van der Waals surface area contributed by atoms with Crippen LogP contribution in [0.5, 0.6) is 0 Å². The zero-order valence-corrected chi connectivity index (χ0v) is 47.7. The molecule has 69 heavy (non-hydrogen) atoms. The molecule has 9 nitrogen and oxygen atoms in total. The fourth-order valence-corrected chi connectivity index (χ4v) is 9.92. The van der Waals surface area contributed by atoms with Gasteiger partial charge in [-0.05, 0) is 12.8 Å². The van der Waals surface area contributed by atoms with Gasteiger partial charge < -0.3 is 27.9 Å². The van der Waals surface area contributed by atoms with Crippen molar-refractivity contribution >= 4 is 19.8 Å². The van der Waals surface area contributed by atoms with E-state index >= 15 is 0 Å². The maximum absolute atomic E-state index is 12.7. The van der Waals surface area contributed by atoms with E-state index in [1.54, 1.807) is 0 Å². The number of rotatable bonds is 57. The van der Waals surface area contributed by atoms with Gasteiger partial charge in [-0.25, -0.2) is 0 Å². The Morgan fingerprint density at radius 2 is 0.652 bits per heavy atom. The number of unbranched alkanes of at least 4 members (excludes halogenated alkanes) is 43. The van der Waals surface area contributed by atoms with E-state index in [2.05, 4.69) is 13.8 Å². The summed E-state index contributed by atoms with van der Waals surface area (Å²) >= 11 is 0. The zero-order valence-electron chi connectivity index (χ0n) is 46.8. The van der Waals surface area contributed by atoms with Gasteiger partial charge in [0, 0.05) is 12.8 Å². The number of hydrogen-bond acceptors (Lipinski definition) is 8. The molecular formula is C59H118NO8P. The van der Waals surface area contributed by atoms with Gasteiger partial charge in [-0.2, -0.15) is 0 Å². The molecule has 2 atom stereocenters. The lowest BCUT2D eigenvalue weighted by atomic mass is 10.0. The Bertz CT molecular complexity index is 1130. The summed E-state index contributed by atoms with van der Waals surface area (Å²) in [6.07, 6.45) is 59.3. The highest BCUT2D eigenvalue weighted by atomic mass is 31.2. The first-order valence-electron chi connectivity index (χ1n) is 30.2. The summed E-state index contributed by atoms with van der Waals surface area (Å²) in [5, 5.41) is 0. The van der Waals surface area contributed by atoms with E-state index < -0.39 is 26.5 Å². The highest BCUT2D eigenvalue weighted by Gasteiger charge is 2.22. The molecule has 0 radical (unpaired) electrons. The fourth-order valence-electron chi connectivity index (χ4n) is 9.19. The quantitative estimate of drug-likeness (QED) is 0.0256. The number of phosphoric ester groups is 1. The average molecular weight is 1000 g/mol. The Labute approximate surface area is 429 Å². The van der Waals surface area contributed by atoms with Crippen LogP contribution in [0, 0.1) is 0 Å². The summed E-state index contributed by atoms with van der Waals surface area (Å²) in [6, 6.07) is 0.